The Labute approximate surface area is 141 Å². The minimum absolute atomic E-state index is 0.0330. The van der Waals surface area contributed by atoms with Crippen LogP contribution in [0.25, 0.3) is 0 Å². The molecule has 2 fully saturated rings. The molecule has 0 amide bonds. The third kappa shape index (κ3) is 2.86. The molecule has 2 aliphatic heterocycles. The molecule has 2 atom stereocenters. The zero-order valence-electron chi connectivity index (χ0n) is 13.6. The molecule has 0 unspecified atom stereocenters. The fourth-order valence-electron chi connectivity index (χ4n) is 3.79. The number of sulfonamides is 1. The largest absolute Gasteiger partial charge is 0.481 e. The number of rotatable bonds is 4. The van der Waals surface area contributed by atoms with Gasteiger partial charge in [-0.05, 0) is 25.8 Å². The van der Waals surface area contributed by atoms with Crippen molar-refractivity contribution in [3.05, 3.63) is 18.5 Å². The van der Waals surface area contributed by atoms with Gasteiger partial charge in [0.15, 0.2) is 0 Å². The first-order valence-corrected chi connectivity index (χ1v) is 9.73. The molecule has 0 spiro atoms. The number of carboxylic acid groups (broad SMARTS) is 1. The maximum absolute atomic E-state index is 12.3. The monoisotopic (exact) mass is 354 g/mol. The Balaban J connectivity index is 1.91. The Hall–Kier alpha value is -1.74. The minimum Gasteiger partial charge on any atom is -0.481 e. The van der Waals surface area contributed by atoms with Gasteiger partial charge in [0.2, 0.25) is 16.0 Å². The van der Waals surface area contributed by atoms with Gasteiger partial charge in [-0.15, -0.1) is 0 Å². The Morgan fingerprint density at radius 2 is 2.08 bits per heavy atom. The maximum atomic E-state index is 12.3. The van der Waals surface area contributed by atoms with Crippen LogP contribution in [0, 0.1) is 11.3 Å². The van der Waals surface area contributed by atoms with Crippen molar-refractivity contribution in [2.75, 3.05) is 36.8 Å². The van der Waals surface area contributed by atoms with E-state index in [2.05, 4.69) is 9.97 Å². The molecule has 3 heterocycles. The first-order chi connectivity index (χ1) is 11.4. The molecule has 9 heteroatoms. The van der Waals surface area contributed by atoms with Crippen molar-refractivity contribution >= 4 is 21.9 Å². The highest BCUT2D eigenvalue weighted by atomic mass is 32.2. The summed E-state index contributed by atoms with van der Waals surface area (Å²) in [5.74, 6) is -0.605. The number of fused-ring (bicyclic) bond motifs is 1. The highest BCUT2D eigenvalue weighted by molar-refractivity contribution is 7.89. The van der Waals surface area contributed by atoms with Crippen LogP contribution in [-0.2, 0) is 14.8 Å². The summed E-state index contributed by atoms with van der Waals surface area (Å²) < 4.78 is 26.0. The number of carbonyl (C=O) groups is 1. The lowest BCUT2D eigenvalue weighted by Gasteiger charge is -2.29. The second kappa shape index (κ2) is 6.29. The van der Waals surface area contributed by atoms with Crippen molar-refractivity contribution in [3.8, 4) is 0 Å². The summed E-state index contributed by atoms with van der Waals surface area (Å²) >= 11 is 0. The third-order valence-electron chi connectivity index (χ3n) is 5.17. The molecule has 3 rings (SSSR count). The lowest BCUT2D eigenvalue weighted by atomic mass is 9.75. The molecule has 2 saturated heterocycles. The number of anilines is 1. The molecule has 0 aromatic carbocycles. The van der Waals surface area contributed by atoms with Crippen molar-refractivity contribution in [2.24, 2.45) is 11.3 Å². The quantitative estimate of drug-likeness (QED) is 0.836. The molecule has 1 aromatic heterocycles. The number of aliphatic carboxylic acids is 1. The van der Waals surface area contributed by atoms with Crippen LogP contribution in [0.1, 0.15) is 19.8 Å². The van der Waals surface area contributed by atoms with Gasteiger partial charge in [0.05, 0.1) is 11.2 Å². The SMILES string of the molecule is CCS(=O)(=O)N1CCC[C@]2(C(=O)O)CN(c3ncccn3)C[C@@H]2C1. The zero-order valence-corrected chi connectivity index (χ0v) is 14.4. The van der Waals surface area contributed by atoms with Crippen molar-refractivity contribution < 1.29 is 18.3 Å². The number of aromatic nitrogens is 2. The molecular weight excluding hydrogens is 332 g/mol. The number of hydrogen-bond donors (Lipinski definition) is 1. The fraction of sp³-hybridized carbons (Fsp3) is 0.667. The summed E-state index contributed by atoms with van der Waals surface area (Å²) in [5.41, 5.74) is -0.947. The van der Waals surface area contributed by atoms with Crippen molar-refractivity contribution in [1.29, 1.82) is 0 Å². The van der Waals surface area contributed by atoms with Gasteiger partial charge in [0.1, 0.15) is 0 Å². The smallest absolute Gasteiger partial charge is 0.311 e. The van der Waals surface area contributed by atoms with Gasteiger partial charge in [-0.25, -0.2) is 22.7 Å². The van der Waals surface area contributed by atoms with E-state index in [1.165, 1.54) is 4.31 Å². The Kier molecular flexibility index (Phi) is 4.48. The molecule has 2 aliphatic rings. The standard InChI is InChI=1S/C15H22N4O4S/c1-2-24(22,23)19-8-3-5-15(13(20)21)11-18(9-12(15)10-19)14-16-6-4-7-17-14/h4,6-7,12H,2-3,5,8-11H2,1H3,(H,20,21)/t12-,15+/m1/s1. The van der Waals surface area contributed by atoms with Crippen molar-refractivity contribution in [2.45, 2.75) is 19.8 Å². The van der Waals surface area contributed by atoms with Gasteiger partial charge < -0.3 is 10.0 Å². The highest BCUT2D eigenvalue weighted by Gasteiger charge is 2.54. The van der Waals surface area contributed by atoms with Crippen LogP contribution in [0.3, 0.4) is 0 Å². The molecule has 132 valence electrons. The summed E-state index contributed by atoms with van der Waals surface area (Å²) in [5, 5.41) is 9.90. The van der Waals surface area contributed by atoms with Crippen LogP contribution in [0.4, 0.5) is 5.95 Å². The molecule has 1 aromatic rings. The lowest BCUT2D eigenvalue weighted by molar-refractivity contribution is -0.150. The molecule has 0 radical (unpaired) electrons. The summed E-state index contributed by atoms with van der Waals surface area (Å²) in [6, 6.07) is 1.71. The summed E-state index contributed by atoms with van der Waals surface area (Å²) in [7, 11) is -3.33. The second-order valence-corrected chi connectivity index (χ2v) is 8.71. The van der Waals surface area contributed by atoms with Crippen LogP contribution in [0.5, 0.6) is 0 Å². The fourth-order valence-corrected chi connectivity index (χ4v) is 4.97. The summed E-state index contributed by atoms with van der Waals surface area (Å²) in [6.07, 6.45) is 4.26. The summed E-state index contributed by atoms with van der Waals surface area (Å²) in [6.45, 7) is 3.02. The van der Waals surface area contributed by atoms with E-state index in [9.17, 15) is 18.3 Å². The van der Waals surface area contributed by atoms with E-state index < -0.39 is 21.4 Å². The van der Waals surface area contributed by atoms with Gasteiger partial charge in [0.25, 0.3) is 0 Å². The Morgan fingerprint density at radius 3 is 2.71 bits per heavy atom. The lowest BCUT2D eigenvalue weighted by Crippen LogP contribution is -2.42. The summed E-state index contributed by atoms with van der Waals surface area (Å²) in [4.78, 5) is 22.4. The maximum Gasteiger partial charge on any atom is 0.311 e. The molecule has 0 bridgehead atoms. The van der Waals surface area contributed by atoms with Gasteiger partial charge in [0, 0.05) is 44.5 Å². The van der Waals surface area contributed by atoms with Crippen LogP contribution in [0.2, 0.25) is 0 Å². The molecular formula is C15H22N4O4S. The van der Waals surface area contributed by atoms with E-state index in [0.29, 0.717) is 38.4 Å². The van der Waals surface area contributed by atoms with Crippen LogP contribution in [0.15, 0.2) is 18.5 Å². The van der Waals surface area contributed by atoms with Crippen LogP contribution >= 0.6 is 0 Å². The predicted molar refractivity (Wildman–Crippen MR) is 88.1 cm³/mol. The Morgan fingerprint density at radius 1 is 1.38 bits per heavy atom. The first kappa shape index (κ1) is 17.1. The van der Waals surface area contributed by atoms with Gasteiger partial charge in [-0.2, -0.15) is 0 Å². The van der Waals surface area contributed by atoms with E-state index in [1.54, 1.807) is 25.4 Å². The molecule has 0 aliphatic carbocycles. The third-order valence-corrected chi connectivity index (χ3v) is 7.02. The molecule has 0 saturated carbocycles. The number of nitrogens with zero attached hydrogens (tertiary/aromatic N) is 4. The van der Waals surface area contributed by atoms with Gasteiger partial charge in [-0.1, -0.05) is 0 Å². The molecule has 24 heavy (non-hydrogen) atoms. The van der Waals surface area contributed by atoms with E-state index in [-0.39, 0.29) is 18.2 Å². The second-order valence-electron chi connectivity index (χ2n) is 6.45. The molecule has 8 nitrogen and oxygen atoms in total. The topological polar surface area (TPSA) is 104 Å². The van der Waals surface area contributed by atoms with Gasteiger partial charge >= 0.3 is 5.97 Å². The predicted octanol–water partition coefficient (Wildman–Crippen LogP) is 0.429. The average Bonchev–Trinajstić information content (AvgIpc) is 2.84. The highest BCUT2D eigenvalue weighted by Crippen LogP contribution is 2.44. The average molecular weight is 354 g/mol. The zero-order chi connectivity index (χ0) is 17.4. The van der Waals surface area contributed by atoms with E-state index in [4.69, 9.17) is 0 Å². The molecule has 1 N–H and O–H groups in total. The Bertz CT molecular complexity index is 711. The van der Waals surface area contributed by atoms with Crippen LogP contribution in [-0.4, -0.2) is 65.7 Å². The van der Waals surface area contributed by atoms with E-state index in [1.807, 2.05) is 4.90 Å². The number of hydrogen-bond acceptors (Lipinski definition) is 6. The van der Waals surface area contributed by atoms with E-state index >= 15 is 0 Å². The first-order valence-electron chi connectivity index (χ1n) is 8.12. The van der Waals surface area contributed by atoms with Crippen molar-refractivity contribution in [1.82, 2.24) is 14.3 Å². The minimum atomic E-state index is -3.33. The van der Waals surface area contributed by atoms with Crippen LogP contribution < -0.4 is 4.90 Å². The van der Waals surface area contributed by atoms with Gasteiger partial charge in [-0.3, -0.25) is 4.79 Å². The number of carboxylic acids is 1. The normalized spacial score (nSPS) is 28.4. The van der Waals surface area contributed by atoms with Crippen molar-refractivity contribution in [3.63, 3.8) is 0 Å². The van der Waals surface area contributed by atoms with E-state index in [0.717, 1.165) is 0 Å².